The lowest BCUT2D eigenvalue weighted by Gasteiger charge is -2.28. The van der Waals surface area contributed by atoms with Gasteiger partial charge >= 0.3 is 5.97 Å². The number of aryl methyl sites for hydroxylation is 2. The number of hydrogen-bond acceptors (Lipinski definition) is 3. The van der Waals surface area contributed by atoms with Gasteiger partial charge in [-0.3, -0.25) is 14.9 Å². The van der Waals surface area contributed by atoms with Crippen LogP contribution in [0.15, 0.2) is 78.9 Å². The SMILES string of the molecule is Cc1ccc(CC2Cc3ccccc3NC(=O)[C@@H]2N[C@@H](CCc2ccccc2)C(=O)O)cc1. The Hall–Kier alpha value is -3.44. The Morgan fingerprint density at radius 2 is 1.70 bits per heavy atom. The topological polar surface area (TPSA) is 78.4 Å². The highest BCUT2D eigenvalue weighted by molar-refractivity contribution is 5.97. The standard InChI is InChI=1S/C28H30N2O3/c1-19-11-13-21(14-12-19)17-23-18-22-9-5-6-10-24(22)30-27(31)26(23)29-25(28(32)33)16-15-20-7-3-2-4-8-20/h2-14,23,25-26,29H,15-18H2,1H3,(H,30,31)(H,32,33)/t23?,25-,26+/m0/s1. The highest BCUT2D eigenvalue weighted by Gasteiger charge is 2.35. The van der Waals surface area contributed by atoms with Crippen LogP contribution in [-0.2, 0) is 28.9 Å². The zero-order valence-corrected chi connectivity index (χ0v) is 18.8. The van der Waals surface area contributed by atoms with Crippen LogP contribution in [0.2, 0.25) is 0 Å². The van der Waals surface area contributed by atoms with Gasteiger partial charge in [0.1, 0.15) is 6.04 Å². The van der Waals surface area contributed by atoms with E-state index in [1.807, 2.05) is 61.5 Å². The molecule has 0 radical (unpaired) electrons. The summed E-state index contributed by atoms with van der Waals surface area (Å²) in [7, 11) is 0. The Morgan fingerprint density at radius 1 is 1.00 bits per heavy atom. The number of hydrogen-bond donors (Lipinski definition) is 3. The predicted molar refractivity (Wildman–Crippen MR) is 130 cm³/mol. The molecule has 1 aliphatic rings. The fourth-order valence-corrected chi connectivity index (χ4v) is 4.52. The molecule has 3 N–H and O–H groups in total. The number of carboxylic acid groups (broad SMARTS) is 1. The first-order valence-corrected chi connectivity index (χ1v) is 11.5. The molecule has 1 aliphatic heterocycles. The quantitative estimate of drug-likeness (QED) is 0.483. The summed E-state index contributed by atoms with van der Waals surface area (Å²) < 4.78 is 0. The average Bonchev–Trinajstić information content (AvgIpc) is 2.94. The maximum Gasteiger partial charge on any atom is 0.320 e. The van der Waals surface area contributed by atoms with E-state index in [2.05, 4.69) is 34.9 Å². The zero-order valence-electron chi connectivity index (χ0n) is 18.8. The Bertz CT molecular complexity index is 1100. The molecule has 5 nitrogen and oxygen atoms in total. The molecule has 0 fully saturated rings. The molecule has 0 saturated heterocycles. The summed E-state index contributed by atoms with van der Waals surface area (Å²) in [5.74, 6) is -1.19. The normalized spacial score (nSPS) is 18.6. The molecule has 0 aliphatic carbocycles. The largest absolute Gasteiger partial charge is 0.480 e. The number of carbonyl (C=O) groups is 2. The van der Waals surface area contributed by atoms with Crippen molar-refractivity contribution in [3.8, 4) is 0 Å². The van der Waals surface area contributed by atoms with Gasteiger partial charge in [0.25, 0.3) is 0 Å². The minimum absolute atomic E-state index is 0.0741. The number of rotatable bonds is 8. The molecule has 3 atom stereocenters. The molecule has 170 valence electrons. The summed E-state index contributed by atoms with van der Waals surface area (Å²) in [6, 6.07) is 24.5. The van der Waals surface area contributed by atoms with E-state index < -0.39 is 18.1 Å². The van der Waals surface area contributed by atoms with Gasteiger partial charge in [0.05, 0.1) is 6.04 Å². The number of nitrogens with one attached hydrogen (secondary N) is 2. The van der Waals surface area contributed by atoms with Gasteiger partial charge < -0.3 is 10.4 Å². The van der Waals surface area contributed by atoms with Crippen molar-refractivity contribution in [2.75, 3.05) is 5.32 Å². The van der Waals surface area contributed by atoms with Gasteiger partial charge in [0.2, 0.25) is 5.91 Å². The summed E-state index contributed by atoms with van der Waals surface area (Å²) in [4.78, 5) is 25.4. The van der Waals surface area contributed by atoms with Crippen LogP contribution in [-0.4, -0.2) is 29.1 Å². The Kier molecular flexibility index (Phi) is 7.20. The molecule has 5 heteroatoms. The van der Waals surface area contributed by atoms with E-state index in [-0.39, 0.29) is 11.8 Å². The number of benzene rings is 3. The average molecular weight is 443 g/mol. The van der Waals surface area contributed by atoms with Crippen LogP contribution >= 0.6 is 0 Å². The van der Waals surface area contributed by atoms with Crippen LogP contribution in [0, 0.1) is 12.8 Å². The van der Waals surface area contributed by atoms with Gasteiger partial charge in [-0.15, -0.1) is 0 Å². The summed E-state index contributed by atoms with van der Waals surface area (Å²) >= 11 is 0. The summed E-state index contributed by atoms with van der Waals surface area (Å²) in [5.41, 5.74) is 5.28. The zero-order chi connectivity index (χ0) is 23.2. The highest BCUT2D eigenvalue weighted by Crippen LogP contribution is 2.28. The molecule has 0 aromatic heterocycles. The van der Waals surface area contributed by atoms with Crippen LogP contribution in [0.25, 0.3) is 0 Å². The van der Waals surface area contributed by atoms with E-state index >= 15 is 0 Å². The smallest absolute Gasteiger partial charge is 0.320 e. The molecule has 0 bridgehead atoms. The number of aliphatic carboxylic acids is 1. The Labute approximate surface area is 194 Å². The maximum atomic E-state index is 13.3. The number of fused-ring (bicyclic) bond motifs is 1. The molecular weight excluding hydrogens is 412 g/mol. The van der Waals surface area contributed by atoms with E-state index in [0.717, 1.165) is 22.4 Å². The third-order valence-corrected chi connectivity index (χ3v) is 6.37. The summed E-state index contributed by atoms with van der Waals surface area (Å²) in [6.45, 7) is 2.05. The van der Waals surface area contributed by atoms with Crippen molar-refractivity contribution in [2.24, 2.45) is 5.92 Å². The van der Waals surface area contributed by atoms with E-state index in [4.69, 9.17) is 0 Å². The fourth-order valence-electron chi connectivity index (χ4n) is 4.52. The van der Waals surface area contributed by atoms with Gasteiger partial charge in [0, 0.05) is 5.69 Å². The van der Waals surface area contributed by atoms with Crippen molar-refractivity contribution in [3.63, 3.8) is 0 Å². The minimum atomic E-state index is -0.936. The molecule has 1 unspecified atom stereocenters. The summed E-state index contributed by atoms with van der Waals surface area (Å²) in [5, 5.41) is 16.2. The molecular formula is C28H30N2O3. The number of amides is 1. The Balaban J connectivity index is 1.58. The van der Waals surface area contributed by atoms with Gasteiger partial charge in [0.15, 0.2) is 0 Å². The first-order valence-electron chi connectivity index (χ1n) is 11.5. The van der Waals surface area contributed by atoms with E-state index in [1.165, 1.54) is 5.56 Å². The minimum Gasteiger partial charge on any atom is -0.480 e. The third-order valence-electron chi connectivity index (χ3n) is 6.37. The molecule has 4 rings (SSSR count). The van der Waals surface area contributed by atoms with Crippen molar-refractivity contribution in [3.05, 3.63) is 101 Å². The van der Waals surface area contributed by atoms with Crippen molar-refractivity contribution in [1.29, 1.82) is 0 Å². The van der Waals surface area contributed by atoms with E-state index in [0.29, 0.717) is 25.7 Å². The second kappa shape index (κ2) is 10.5. The van der Waals surface area contributed by atoms with Crippen LogP contribution in [0.1, 0.15) is 28.7 Å². The number of anilines is 1. The third kappa shape index (κ3) is 5.88. The van der Waals surface area contributed by atoms with Gasteiger partial charge in [-0.25, -0.2) is 0 Å². The van der Waals surface area contributed by atoms with E-state index in [1.54, 1.807) is 0 Å². The van der Waals surface area contributed by atoms with Crippen molar-refractivity contribution in [2.45, 2.75) is 44.7 Å². The maximum absolute atomic E-state index is 13.3. The van der Waals surface area contributed by atoms with Gasteiger partial charge in [-0.1, -0.05) is 78.4 Å². The molecule has 3 aromatic rings. The number of carbonyl (C=O) groups excluding carboxylic acids is 1. The number of carboxylic acids is 1. The second-order valence-corrected chi connectivity index (χ2v) is 8.86. The van der Waals surface area contributed by atoms with Crippen molar-refractivity contribution >= 4 is 17.6 Å². The molecule has 33 heavy (non-hydrogen) atoms. The van der Waals surface area contributed by atoms with Gasteiger partial charge in [-0.05, 0) is 61.3 Å². The lowest BCUT2D eigenvalue weighted by Crippen LogP contribution is -2.53. The molecule has 0 spiro atoms. The van der Waals surface area contributed by atoms with Gasteiger partial charge in [-0.2, -0.15) is 0 Å². The summed E-state index contributed by atoms with van der Waals surface area (Å²) in [6.07, 6.45) is 2.41. The molecule has 3 aromatic carbocycles. The van der Waals surface area contributed by atoms with Crippen molar-refractivity contribution in [1.82, 2.24) is 5.32 Å². The lowest BCUT2D eigenvalue weighted by molar-refractivity contribution is -0.140. The fraction of sp³-hybridized carbons (Fsp3) is 0.286. The highest BCUT2D eigenvalue weighted by atomic mass is 16.4. The van der Waals surface area contributed by atoms with E-state index in [9.17, 15) is 14.7 Å². The first-order chi connectivity index (χ1) is 16.0. The van der Waals surface area contributed by atoms with Crippen molar-refractivity contribution < 1.29 is 14.7 Å². The second-order valence-electron chi connectivity index (χ2n) is 8.86. The van der Waals surface area contributed by atoms with Crippen LogP contribution < -0.4 is 10.6 Å². The Morgan fingerprint density at radius 3 is 2.42 bits per heavy atom. The molecule has 0 saturated carbocycles. The van der Waals surface area contributed by atoms with Crippen LogP contribution in [0.5, 0.6) is 0 Å². The monoisotopic (exact) mass is 442 g/mol. The van der Waals surface area contributed by atoms with Crippen LogP contribution in [0.4, 0.5) is 5.69 Å². The first kappa shape index (κ1) is 22.7. The molecule has 1 heterocycles. The molecule has 1 amide bonds. The predicted octanol–water partition coefficient (Wildman–Crippen LogP) is 4.39. The lowest BCUT2D eigenvalue weighted by atomic mass is 9.86. The van der Waals surface area contributed by atoms with Crippen LogP contribution in [0.3, 0.4) is 0 Å². The number of para-hydroxylation sites is 1.